The first kappa shape index (κ1) is 19.8. The number of phenolic OH excluding ortho intramolecular Hbond substituents is 1. The Morgan fingerprint density at radius 1 is 0.933 bits per heavy atom. The van der Waals surface area contributed by atoms with Crippen molar-refractivity contribution in [2.75, 3.05) is 5.73 Å². The first-order chi connectivity index (χ1) is 14.2. The molecule has 0 saturated heterocycles. The van der Waals surface area contributed by atoms with Crippen LogP contribution < -0.4 is 5.73 Å². The summed E-state index contributed by atoms with van der Waals surface area (Å²) in [6.45, 7) is 3.67. The molecule has 0 aliphatic rings. The zero-order chi connectivity index (χ0) is 21.6. The van der Waals surface area contributed by atoms with Crippen molar-refractivity contribution in [3.05, 3.63) is 65.7 Å². The number of nitrogens with two attached hydrogens (primary N) is 1. The van der Waals surface area contributed by atoms with E-state index in [-0.39, 0.29) is 22.0 Å². The molecule has 30 heavy (non-hydrogen) atoms. The van der Waals surface area contributed by atoms with E-state index >= 15 is 0 Å². The second kappa shape index (κ2) is 7.08. The van der Waals surface area contributed by atoms with E-state index < -0.39 is 10.1 Å². The summed E-state index contributed by atoms with van der Waals surface area (Å²) in [5.74, 6) is -0.138. The molecule has 0 radical (unpaired) electrons. The molecule has 0 spiro atoms. The molecule has 0 atom stereocenters. The molecule has 152 valence electrons. The van der Waals surface area contributed by atoms with Crippen molar-refractivity contribution in [3.63, 3.8) is 0 Å². The Kier molecular flexibility index (Phi) is 4.68. The summed E-state index contributed by atoms with van der Waals surface area (Å²) in [7, 11) is -4.57. The van der Waals surface area contributed by atoms with Gasteiger partial charge in [-0.15, -0.1) is 10.2 Å². The highest BCUT2D eigenvalue weighted by Gasteiger charge is 2.20. The van der Waals surface area contributed by atoms with Gasteiger partial charge in [0, 0.05) is 16.5 Å². The van der Waals surface area contributed by atoms with Crippen molar-refractivity contribution in [1.82, 2.24) is 0 Å². The summed E-state index contributed by atoms with van der Waals surface area (Å²) in [4.78, 5) is -0.336. The predicted molar refractivity (Wildman–Crippen MR) is 117 cm³/mol. The van der Waals surface area contributed by atoms with E-state index in [9.17, 15) is 18.1 Å². The lowest BCUT2D eigenvalue weighted by Gasteiger charge is -2.11. The molecule has 4 N–H and O–H groups in total. The third-order valence-corrected chi connectivity index (χ3v) is 5.87. The molecule has 4 aromatic carbocycles. The molecular formula is C22H19N3O4S. The fraction of sp³-hybridized carbons (Fsp3) is 0.0909. The van der Waals surface area contributed by atoms with Crippen molar-refractivity contribution >= 4 is 48.7 Å². The summed E-state index contributed by atoms with van der Waals surface area (Å²) in [5.41, 5.74) is 8.23. The van der Waals surface area contributed by atoms with E-state index in [0.717, 1.165) is 10.9 Å². The predicted octanol–water partition coefficient (Wildman–Crippen LogP) is 5.56. The number of hydrogen-bond acceptors (Lipinski definition) is 6. The molecule has 4 aromatic rings. The van der Waals surface area contributed by atoms with Gasteiger partial charge in [0.15, 0.2) is 5.75 Å². The molecule has 0 saturated carbocycles. The second-order valence-corrected chi connectivity index (χ2v) is 8.51. The number of azo groups is 1. The Balaban J connectivity index is 1.93. The summed E-state index contributed by atoms with van der Waals surface area (Å²) >= 11 is 0. The van der Waals surface area contributed by atoms with Gasteiger partial charge >= 0.3 is 0 Å². The van der Waals surface area contributed by atoms with Crippen LogP contribution in [0.2, 0.25) is 0 Å². The first-order valence-electron chi connectivity index (χ1n) is 9.10. The Morgan fingerprint density at radius 2 is 1.67 bits per heavy atom. The van der Waals surface area contributed by atoms with Crippen LogP contribution in [0.3, 0.4) is 0 Å². The van der Waals surface area contributed by atoms with Gasteiger partial charge in [0.05, 0.1) is 0 Å². The van der Waals surface area contributed by atoms with Crippen LogP contribution in [0.5, 0.6) is 5.75 Å². The highest BCUT2D eigenvalue weighted by atomic mass is 32.2. The summed E-state index contributed by atoms with van der Waals surface area (Å²) in [5, 5.41) is 21.1. The average molecular weight is 421 g/mol. The third-order valence-electron chi connectivity index (χ3n) is 4.92. The topological polar surface area (TPSA) is 125 Å². The molecule has 0 aromatic heterocycles. The van der Waals surface area contributed by atoms with Gasteiger partial charge in [-0.1, -0.05) is 36.4 Å². The molecular weight excluding hydrogens is 402 g/mol. The van der Waals surface area contributed by atoms with Crippen LogP contribution in [0.25, 0.3) is 21.5 Å². The number of fused-ring (bicyclic) bond motifs is 2. The average Bonchev–Trinajstić information content (AvgIpc) is 2.65. The number of nitrogen functional groups attached to an aromatic ring is 1. The van der Waals surface area contributed by atoms with Gasteiger partial charge in [-0.2, -0.15) is 8.42 Å². The minimum Gasteiger partial charge on any atom is -0.505 e. The number of anilines is 1. The zero-order valence-corrected chi connectivity index (χ0v) is 17.1. The molecule has 4 rings (SSSR count). The lowest BCUT2D eigenvalue weighted by Crippen LogP contribution is -1.99. The fourth-order valence-corrected chi connectivity index (χ4v) is 4.49. The van der Waals surface area contributed by atoms with Crippen molar-refractivity contribution < 1.29 is 18.1 Å². The Bertz CT molecular complexity index is 1460. The Morgan fingerprint density at radius 3 is 2.40 bits per heavy atom. The van der Waals surface area contributed by atoms with E-state index in [0.29, 0.717) is 27.4 Å². The number of aromatic hydroxyl groups is 1. The van der Waals surface area contributed by atoms with E-state index in [1.165, 1.54) is 6.07 Å². The lowest BCUT2D eigenvalue weighted by molar-refractivity contribution is 0.482. The van der Waals surface area contributed by atoms with Gasteiger partial charge in [0.25, 0.3) is 10.1 Å². The molecule has 8 heteroatoms. The van der Waals surface area contributed by atoms with Gasteiger partial charge in [0.2, 0.25) is 0 Å². The highest BCUT2D eigenvalue weighted by molar-refractivity contribution is 7.86. The molecule has 0 bridgehead atoms. The zero-order valence-electron chi connectivity index (χ0n) is 16.3. The number of nitrogens with zero attached hydrogens (tertiary/aromatic N) is 2. The molecule has 0 unspecified atom stereocenters. The van der Waals surface area contributed by atoms with Gasteiger partial charge < -0.3 is 10.8 Å². The SMILES string of the molecule is Cc1cc(N)c2c(O)c(N=Nc3ccc4ccccc4c3S(=O)(=O)O)c(C)cc2c1. The van der Waals surface area contributed by atoms with Crippen molar-refractivity contribution in [3.8, 4) is 5.75 Å². The molecule has 0 aliphatic carbocycles. The number of aryl methyl sites for hydroxylation is 2. The van der Waals surface area contributed by atoms with E-state index in [1.807, 2.05) is 19.1 Å². The first-order valence-corrected chi connectivity index (χ1v) is 10.5. The standard InChI is InChI=1S/C22H19N3O4S/c1-12-9-15-11-13(2)20(21(26)19(15)17(23)10-12)25-24-18-8-7-14-5-3-4-6-16(14)22(18)30(27,28)29/h3-11,26H,23H2,1-2H3,(H,27,28,29). The number of hydrogen-bond donors (Lipinski definition) is 3. The van der Waals surface area contributed by atoms with Gasteiger partial charge in [-0.25, -0.2) is 0 Å². The number of rotatable bonds is 3. The van der Waals surface area contributed by atoms with Gasteiger partial charge in [-0.3, -0.25) is 4.55 Å². The quantitative estimate of drug-likeness (QED) is 0.227. The maximum Gasteiger partial charge on any atom is 0.297 e. The van der Waals surface area contributed by atoms with Gasteiger partial charge in [0.1, 0.15) is 16.3 Å². The van der Waals surface area contributed by atoms with Gasteiger partial charge in [-0.05, 0) is 53.9 Å². The van der Waals surface area contributed by atoms with Crippen LogP contribution in [0.1, 0.15) is 11.1 Å². The summed E-state index contributed by atoms with van der Waals surface area (Å²) in [6.07, 6.45) is 0. The minimum atomic E-state index is -4.57. The van der Waals surface area contributed by atoms with E-state index in [2.05, 4.69) is 10.2 Å². The van der Waals surface area contributed by atoms with Crippen LogP contribution in [0.4, 0.5) is 17.1 Å². The molecule has 0 aliphatic heterocycles. The Labute approximate surface area is 173 Å². The maximum absolute atomic E-state index is 12.1. The molecule has 7 nitrogen and oxygen atoms in total. The second-order valence-electron chi connectivity index (χ2n) is 7.15. The maximum atomic E-state index is 12.1. The monoisotopic (exact) mass is 421 g/mol. The third kappa shape index (κ3) is 3.36. The largest absolute Gasteiger partial charge is 0.505 e. The van der Waals surface area contributed by atoms with Crippen molar-refractivity contribution in [2.24, 2.45) is 10.2 Å². The number of phenols is 1. The van der Waals surface area contributed by atoms with Crippen molar-refractivity contribution in [1.29, 1.82) is 0 Å². The minimum absolute atomic E-state index is 0.0352. The highest BCUT2D eigenvalue weighted by Crippen LogP contribution is 2.42. The molecule has 0 heterocycles. The van der Waals surface area contributed by atoms with E-state index in [4.69, 9.17) is 5.73 Å². The normalized spacial score (nSPS) is 12.2. The molecule has 0 amide bonds. The Hall–Kier alpha value is -3.49. The lowest BCUT2D eigenvalue weighted by atomic mass is 10.0. The van der Waals surface area contributed by atoms with E-state index in [1.54, 1.807) is 43.3 Å². The van der Waals surface area contributed by atoms with Crippen LogP contribution >= 0.6 is 0 Å². The van der Waals surface area contributed by atoms with Crippen LogP contribution in [0.15, 0.2) is 69.7 Å². The van der Waals surface area contributed by atoms with Crippen LogP contribution in [-0.4, -0.2) is 18.1 Å². The number of benzene rings is 4. The van der Waals surface area contributed by atoms with Crippen molar-refractivity contribution in [2.45, 2.75) is 18.7 Å². The molecule has 0 fully saturated rings. The van der Waals surface area contributed by atoms with Crippen LogP contribution in [0, 0.1) is 13.8 Å². The van der Waals surface area contributed by atoms with Crippen LogP contribution in [-0.2, 0) is 10.1 Å². The summed E-state index contributed by atoms with van der Waals surface area (Å²) in [6, 6.07) is 15.4. The summed E-state index contributed by atoms with van der Waals surface area (Å²) < 4.78 is 33.9. The smallest absolute Gasteiger partial charge is 0.297 e. The fourth-order valence-electron chi connectivity index (χ4n) is 3.65.